The highest BCUT2D eigenvalue weighted by Crippen LogP contribution is 2.31. The highest BCUT2D eigenvalue weighted by molar-refractivity contribution is 5.78. The third-order valence-electron chi connectivity index (χ3n) is 3.16. The van der Waals surface area contributed by atoms with Crippen molar-refractivity contribution in [3.63, 3.8) is 0 Å². The molecule has 1 atom stereocenters. The summed E-state index contributed by atoms with van der Waals surface area (Å²) in [6.07, 6.45) is 1.88. The zero-order valence-electron chi connectivity index (χ0n) is 11.1. The number of nitrogens with one attached hydrogen (secondary N) is 1. The van der Waals surface area contributed by atoms with E-state index >= 15 is 0 Å². The van der Waals surface area contributed by atoms with Crippen LogP contribution < -0.4 is 5.32 Å². The molecule has 2 heterocycles. The first-order chi connectivity index (χ1) is 8.63. The van der Waals surface area contributed by atoms with E-state index in [0.717, 1.165) is 19.4 Å². The number of hydrogen-bond acceptors (Lipinski definition) is 5. The molecule has 1 saturated heterocycles. The van der Waals surface area contributed by atoms with E-state index in [1.54, 1.807) is 7.05 Å². The van der Waals surface area contributed by atoms with Gasteiger partial charge in [0.05, 0.1) is 6.54 Å². The van der Waals surface area contributed by atoms with Crippen LogP contribution in [0.25, 0.3) is 0 Å². The van der Waals surface area contributed by atoms with Crippen LogP contribution in [0.2, 0.25) is 0 Å². The summed E-state index contributed by atoms with van der Waals surface area (Å²) in [5.74, 6) is 1.60. The molecule has 0 saturated carbocycles. The molecule has 18 heavy (non-hydrogen) atoms. The fraction of sp³-hybridized carbons (Fsp3) is 0.750. The molecule has 2 rings (SSSR count). The van der Waals surface area contributed by atoms with Gasteiger partial charge in [0.1, 0.15) is 6.04 Å². The molecule has 0 unspecified atom stereocenters. The first kappa shape index (κ1) is 13.0. The minimum Gasteiger partial charge on any atom is -0.337 e. The van der Waals surface area contributed by atoms with Crippen molar-refractivity contribution < 1.29 is 9.32 Å². The first-order valence-corrected chi connectivity index (χ1v) is 6.41. The smallest absolute Gasteiger partial charge is 0.249 e. The molecule has 6 nitrogen and oxygen atoms in total. The third-order valence-corrected chi connectivity index (χ3v) is 3.16. The van der Waals surface area contributed by atoms with Crippen molar-refractivity contribution in [2.75, 3.05) is 20.1 Å². The molecule has 1 N–H and O–H groups in total. The Morgan fingerprint density at radius 3 is 3.00 bits per heavy atom. The quantitative estimate of drug-likeness (QED) is 0.868. The van der Waals surface area contributed by atoms with Crippen molar-refractivity contribution in [2.24, 2.45) is 0 Å². The molecule has 1 aromatic heterocycles. The Kier molecular flexibility index (Phi) is 3.96. The molecule has 0 aromatic carbocycles. The van der Waals surface area contributed by atoms with E-state index in [1.165, 1.54) is 0 Å². The van der Waals surface area contributed by atoms with Gasteiger partial charge in [-0.1, -0.05) is 19.0 Å². The molecule has 100 valence electrons. The van der Waals surface area contributed by atoms with Gasteiger partial charge in [0.25, 0.3) is 0 Å². The lowest BCUT2D eigenvalue weighted by Gasteiger charge is -2.21. The first-order valence-electron chi connectivity index (χ1n) is 6.41. The molecular formula is C12H20N4O2. The number of likely N-dealkylation sites (tertiary alicyclic amines) is 1. The van der Waals surface area contributed by atoms with Crippen LogP contribution in [-0.2, 0) is 4.79 Å². The second-order valence-corrected chi connectivity index (χ2v) is 4.92. The summed E-state index contributed by atoms with van der Waals surface area (Å²) in [6.45, 7) is 5.16. The third kappa shape index (κ3) is 2.53. The minimum atomic E-state index is -0.0501. The highest BCUT2D eigenvalue weighted by atomic mass is 16.5. The van der Waals surface area contributed by atoms with Gasteiger partial charge in [0.2, 0.25) is 11.8 Å². The summed E-state index contributed by atoms with van der Waals surface area (Å²) in [5.41, 5.74) is 0. The van der Waals surface area contributed by atoms with E-state index in [1.807, 2.05) is 18.7 Å². The minimum absolute atomic E-state index is 0.0501. The molecule has 1 fully saturated rings. The number of aromatic nitrogens is 2. The number of carbonyl (C=O) groups is 1. The molecule has 1 aromatic rings. The van der Waals surface area contributed by atoms with Crippen LogP contribution in [-0.4, -0.2) is 41.1 Å². The zero-order valence-corrected chi connectivity index (χ0v) is 11.1. The standard InChI is InChI=1S/C12H20N4O2/c1-8(2)11-14-12(18-15-11)9-5-4-6-16(9)10(17)7-13-3/h8-9,13H,4-7H2,1-3H3/t9-/m0/s1. The summed E-state index contributed by atoms with van der Waals surface area (Å²) in [6, 6.07) is -0.0501. The van der Waals surface area contributed by atoms with Gasteiger partial charge in [0.15, 0.2) is 5.82 Å². The van der Waals surface area contributed by atoms with Gasteiger partial charge >= 0.3 is 0 Å². The Balaban J connectivity index is 2.12. The van der Waals surface area contributed by atoms with E-state index in [4.69, 9.17) is 4.52 Å². The molecule has 0 radical (unpaired) electrons. The second kappa shape index (κ2) is 5.48. The van der Waals surface area contributed by atoms with Crippen molar-refractivity contribution in [1.82, 2.24) is 20.4 Å². The second-order valence-electron chi connectivity index (χ2n) is 4.92. The Hall–Kier alpha value is -1.43. The molecule has 0 aliphatic carbocycles. The van der Waals surface area contributed by atoms with Gasteiger partial charge in [-0.15, -0.1) is 0 Å². The van der Waals surface area contributed by atoms with E-state index < -0.39 is 0 Å². The van der Waals surface area contributed by atoms with E-state index in [2.05, 4.69) is 15.5 Å². The number of nitrogens with zero attached hydrogens (tertiary/aromatic N) is 3. The van der Waals surface area contributed by atoms with Crippen LogP contribution in [0.1, 0.15) is 50.4 Å². The van der Waals surface area contributed by atoms with Crippen LogP contribution >= 0.6 is 0 Å². The van der Waals surface area contributed by atoms with E-state index in [0.29, 0.717) is 18.3 Å². The molecular weight excluding hydrogens is 232 g/mol. The molecule has 0 spiro atoms. The Morgan fingerprint density at radius 2 is 2.39 bits per heavy atom. The maximum absolute atomic E-state index is 11.9. The lowest BCUT2D eigenvalue weighted by atomic mass is 10.2. The van der Waals surface area contributed by atoms with Crippen molar-refractivity contribution in [3.05, 3.63) is 11.7 Å². The van der Waals surface area contributed by atoms with Crippen molar-refractivity contribution in [3.8, 4) is 0 Å². The predicted octanol–water partition coefficient (Wildman–Crippen LogP) is 1.08. The van der Waals surface area contributed by atoms with Crippen LogP contribution in [0.4, 0.5) is 0 Å². The summed E-state index contributed by atoms with van der Waals surface area (Å²) in [5, 5.41) is 6.84. The average Bonchev–Trinajstić information content (AvgIpc) is 2.98. The summed E-state index contributed by atoms with van der Waals surface area (Å²) < 4.78 is 5.29. The van der Waals surface area contributed by atoms with Gasteiger partial charge in [-0.2, -0.15) is 4.98 Å². The van der Waals surface area contributed by atoms with Crippen LogP contribution in [0.3, 0.4) is 0 Å². The van der Waals surface area contributed by atoms with Crippen LogP contribution in [0, 0.1) is 0 Å². The molecule has 0 bridgehead atoms. The maximum atomic E-state index is 11.9. The zero-order chi connectivity index (χ0) is 13.1. The number of likely N-dealkylation sites (N-methyl/N-ethyl adjacent to an activating group) is 1. The topological polar surface area (TPSA) is 71.3 Å². The van der Waals surface area contributed by atoms with E-state index in [9.17, 15) is 4.79 Å². The molecule has 1 aliphatic heterocycles. The van der Waals surface area contributed by atoms with Crippen molar-refractivity contribution in [1.29, 1.82) is 0 Å². The fourth-order valence-corrected chi connectivity index (χ4v) is 2.19. The fourth-order valence-electron chi connectivity index (χ4n) is 2.19. The Bertz CT molecular complexity index is 416. The van der Waals surface area contributed by atoms with Gasteiger partial charge in [0, 0.05) is 12.5 Å². The summed E-state index contributed by atoms with van der Waals surface area (Å²) >= 11 is 0. The van der Waals surface area contributed by atoms with Gasteiger partial charge < -0.3 is 14.7 Å². The number of rotatable bonds is 4. The van der Waals surface area contributed by atoms with Crippen molar-refractivity contribution in [2.45, 2.75) is 38.6 Å². The number of hydrogen-bond donors (Lipinski definition) is 1. The lowest BCUT2D eigenvalue weighted by molar-refractivity contribution is -0.131. The molecule has 1 amide bonds. The normalized spacial score (nSPS) is 19.8. The van der Waals surface area contributed by atoms with Crippen LogP contribution in [0.5, 0.6) is 0 Å². The monoisotopic (exact) mass is 252 g/mol. The van der Waals surface area contributed by atoms with Gasteiger partial charge in [-0.25, -0.2) is 0 Å². The number of amides is 1. The van der Waals surface area contributed by atoms with Gasteiger partial charge in [-0.05, 0) is 19.9 Å². The Labute approximate surface area is 107 Å². The maximum Gasteiger partial charge on any atom is 0.249 e. The number of carbonyl (C=O) groups excluding carboxylic acids is 1. The highest BCUT2D eigenvalue weighted by Gasteiger charge is 2.33. The molecule has 6 heteroatoms. The summed E-state index contributed by atoms with van der Waals surface area (Å²) in [4.78, 5) is 18.2. The summed E-state index contributed by atoms with van der Waals surface area (Å²) in [7, 11) is 1.77. The SMILES string of the molecule is CNCC(=O)N1CCC[C@H]1c1nc(C(C)C)no1. The lowest BCUT2D eigenvalue weighted by Crippen LogP contribution is -2.36. The predicted molar refractivity (Wildman–Crippen MR) is 66.0 cm³/mol. The average molecular weight is 252 g/mol. The van der Waals surface area contributed by atoms with Crippen LogP contribution in [0.15, 0.2) is 4.52 Å². The van der Waals surface area contributed by atoms with Gasteiger partial charge in [-0.3, -0.25) is 4.79 Å². The van der Waals surface area contributed by atoms with Crippen molar-refractivity contribution >= 4 is 5.91 Å². The van der Waals surface area contributed by atoms with E-state index in [-0.39, 0.29) is 17.9 Å². The molecule has 1 aliphatic rings. The largest absolute Gasteiger partial charge is 0.337 e. The Morgan fingerprint density at radius 1 is 1.61 bits per heavy atom.